The van der Waals surface area contributed by atoms with Gasteiger partial charge in [0.2, 0.25) is 21.7 Å². The van der Waals surface area contributed by atoms with Crippen LogP contribution in [0, 0.1) is 5.92 Å². The number of nitrogens with one attached hydrogen (secondary N) is 3. The highest BCUT2D eigenvalue weighted by Gasteiger charge is 2.22. The molecule has 1 aliphatic carbocycles. The third-order valence-electron chi connectivity index (χ3n) is 4.98. The second kappa shape index (κ2) is 9.61. The molecule has 0 saturated heterocycles. The van der Waals surface area contributed by atoms with Crippen molar-refractivity contribution in [2.24, 2.45) is 11.7 Å². The highest BCUT2D eigenvalue weighted by molar-refractivity contribution is 7.88. The number of anilines is 3. The Kier molecular flexibility index (Phi) is 6.61. The minimum atomic E-state index is -3.42. The highest BCUT2D eigenvalue weighted by Crippen LogP contribution is 2.37. The summed E-state index contributed by atoms with van der Waals surface area (Å²) in [7, 11) is -1.95. The van der Waals surface area contributed by atoms with E-state index in [4.69, 9.17) is 15.0 Å². The number of aromatic nitrogens is 4. The Morgan fingerprint density at radius 2 is 2.06 bits per heavy atom. The van der Waals surface area contributed by atoms with Crippen LogP contribution in [0.1, 0.15) is 29.2 Å². The van der Waals surface area contributed by atoms with Gasteiger partial charge in [0.05, 0.1) is 36.8 Å². The SMILES string of the molecule is COc1c(Nc2cc(NCC3CC3)nnc2C(N)=O)cccc1-c1noc(CNS(C)(=O)=O)n1. The number of benzene rings is 1. The van der Waals surface area contributed by atoms with Crippen LogP contribution >= 0.6 is 0 Å². The average Bonchev–Trinajstić information content (AvgIpc) is 3.50. The van der Waals surface area contributed by atoms with E-state index in [1.807, 2.05) is 0 Å². The van der Waals surface area contributed by atoms with Crippen LogP contribution in [0.25, 0.3) is 11.4 Å². The molecule has 1 amide bonds. The fourth-order valence-electron chi connectivity index (χ4n) is 3.13. The molecule has 2 aromatic heterocycles. The molecule has 1 aliphatic rings. The number of rotatable bonds is 11. The second-order valence-electron chi connectivity index (χ2n) is 7.80. The lowest BCUT2D eigenvalue weighted by Crippen LogP contribution is -2.21. The van der Waals surface area contributed by atoms with Gasteiger partial charge in [0.1, 0.15) is 0 Å². The zero-order valence-electron chi connectivity index (χ0n) is 18.5. The van der Waals surface area contributed by atoms with Gasteiger partial charge in [-0.2, -0.15) is 4.98 Å². The highest BCUT2D eigenvalue weighted by atomic mass is 32.2. The molecule has 14 heteroatoms. The van der Waals surface area contributed by atoms with E-state index in [-0.39, 0.29) is 24.0 Å². The van der Waals surface area contributed by atoms with Crippen molar-refractivity contribution >= 4 is 33.1 Å². The number of nitrogens with zero attached hydrogens (tertiary/aromatic N) is 4. The number of carbonyl (C=O) groups is 1. The number of nitrogens with two attached hydrogens (primary N) is 1. The summed E-state index contributed by atoms with van der Waals surface area (Å²) < 4.78 is 35.6. The van der Waals surface area contributed by atoms with E-state index in [1.54, 1.807) is 24.3 Å². The van der Waals surface area contributed by atoms with Crippen molar-refractivity contribution in [3.05, 3.63) is 35.9 Å². The minimum Gasteiger partial charge on any atom is -0.494 e. The molecule has 2 heterocycles. The average molecular weight is 489 g/mol. The molecule has 1 aromatic carbocycles. The van der Waals surface area contributed by atoms with Crippen LogP contribution in [-0.2, 0) is 16.6 Å². The first-order valence-corrected chi connectivity index (χ1v) is 12.3. The van der Waals surface area contributed by atoms with E-state index in [0.29, 0.717) is 34.4 Å². The largest absolute Gasteiger partial charge is 0.494 e. The quantitative estimate of drug-likeness (QED) is 0.304. The van der Waals surface area contributed by atoms with Crippen LogP contribution in [0.5, 0.6) is 5.75 Å². The Labute approximate surface area is 195 Å². The normalized spacial score (nSPS) is 13.5. The first-order valence-electron chi connectivity index (χ1n) is 10.4. The zero-order chi connectivity index (χ0) is 24.3. The predicted octanol–water partition coefficient (Wildman–Crippen LogP) is 1.25. The van der Waals surface area contributed by atoms with Gasteiger partial charge in [-0.1, -0.05) is 11.2 Å². The van der Waals surface area contributed by atoms with Crippen molar-refractivity contribution in [3.63, 3.8) is 0 Å². The molecule has 0 atom stereocenters. The van der Waals surface area contributed by atoms with Gasteiger partial charge in [-0.25, -0.2) is 13.1 Å². The van der Waals surface area contributed by atoms with Crippen LogP contribution in [0.15, 0.2) is 28.8 Å². The van der Waals surface area contributed by atoms with Gasteiger partial charge in [0, 0.05) is 12.6 Å². The number of methoxy groups -OCH3 is 1. The first-order chi connectivity index (χ1) is 16.2. The van der Waals surface area contributed by atoms with E-state index >= 15 is 0 Å². The third kappa shape index (κ3) is 5.77. The monoisotopic (exact) mass is 488 g/mol. The molecule has 1 saturated carbocycles. The zero-order valence-corrected chi connectivity index (χ0v) is 19.3. The van der Waals surface area contributed by atoms with Gasteiger partial charge in [-0.05, 0) is 30.9 Å². The molecular formula is C20H24N8O5S. The van der Waals surface area contributed by atoms with Crippen molar-refractivity contribution in [2.75, 3.05) is 30.5 Å². The Hall–Kier alpha value is -3.78. The number of primary amides is 1. The molecule has 4 rings (SSSR count). The van der Waals surface area contributed by atoms with Crippen LogP contribution in [0.2, 0.25) is 0 Å². The molecule has 180 valence electrons. The fraction of sp³-hybridized carbons (Fsp3) is 0.350. The lowest BCUT2D eigenvalue weighted by Gasteiger charge is -2.15. The maximum atomic E-state index is 11.9. The molecule has 34 heavy (non-hydrogen) atoms. The molecule has 1 fully saturated rings. The third-order valence-corrected chi connectivity index (χ3v) is 5.65. The number of amides is 1. The Balaban J connectivity index is 1.62. The Bertz CT molecular complexity index is 1310. The maximum Gasteiger partial charge on any atom is 0.271 e. The second-order valence-corrected chi connectivity index (χ2v) is 9.63. The predicted molar refractivity (Wildman–Crippen MR) is 123 cm³/mol. The molecule has 0 bridgehead atoms. The van der Waals surface area contributed by atoms with Crippen LogP contribution in [0.3, 0.4) is 0 Å². The summed E-state index contributed by atoms with van der Waals surface area (Å²) in [5.41, 5.74) is 6.78. The number of hydrogen-bond acceptors (Lipinski definition) is 11. The first kappa shape index (κ1) is 23.4. The van der Waals surface area contributed by atoms with E-state index < -0.39 is 15.9 Å². The number of hydrogen-bond donors (Lipinski definition) is 4. The van der Waals surface area contributed by atoms with Crippen molar-refractivity contribution < 1.29 is 22.5 Å². The van der Waals surface area contributed by atoms with Crippen LogP contribution in [-0.4, -0.2) is 54.6 Å². The molecule has 0 unspecified atom stereocenters. The van der Waals surface area contributed by atoms with E-state index in [1.165, 1.54) is 20.0 Å². The van der Waals surface area contributed by atoms with Crippen molar-refractivity contribution in [3.8, 4) is 17.1 Å². The van der Waals surface area contributed by atoms with Crippen LogP contribution < -0.4 is 25.8 Å². The molecule has 3 aromatic rings. The van der Waals surface area contributed by atoms with Gasteiger partial charge >= 0.3 is 0 Å². The van der Waals surface area contributed by atoms with E-state index in [0.717, 1.165) is 12.8 Å². The summed E-state index contributed by atoms with van der Waals surface area (Å²) in [6, 6.07) is 6.84. The summed E-state index contributed by atoms with van der Waals surface area (Å²) >= 11 is 0. The van der Waals surface area contributed by atoms with E-state index in [9.17, 15) is 13.2 Å². The van der Waals surface area contributed by atoms with Gasteiger partial charge < -0.3 is 25.6 Å². The number of carbonyl (C=O) groups excluding carboxylic acids is 1. The number of ether oxygens (including phenoxy) is 1. The smallest absolute Gasteiger partial charge is 0.271 e. The van der Waals surface area contributed by atoms with Gasteiger partial charge in [-0.15, -0.1) is 10.2 Å². The Morgan fingerprint density at radius 1 is 1.26 bits per heavy atom. The van der Waals surface area contributed by atoms with Gasteiger partial charge in [-0.3, -0.25) is 4.79 Å². The molecule has 0 aliphatic heterocycles. The molecule has 13 nitrogen and oxygen atoms in total. The van der Waals surface area contributed by atoms with Crippen molar-refractivity contribution in [2.45, 2.75) is 19.4 Å². The minimum absolute atomic E-state index is 0.0295. The molecular weight excluding hydrogens is 464 g/mol. The summed E-state index contributed by atoms with van der Waals surface area (Å²) in [4.78, 5) is 16.2. The standard InChI is InChI=1S/C20H24N8O5S/c1-32-18-12(20-25-16(33-28-20)10-23-34(2,30)31)4-3-5-13(18)24-14-8-15(22-9-11-6-7-11)26-27-17(14)19(21)29/h3-5,8,11,23H,6-7,9-10H2,1-2H3,(H2,21,29)(H2,22,24,26). The van der Waals surface area contributed by atoms with Crippen LogP contribution in [0.4, 0.5) is 17.2 Å². The summed E-state index contributed by atoms with van der Waals surface area (Å²) in [6.45, 7) is 0.630. The fourth-order valence-corrected chi connectivity index (χ4v) is 3.52. The molecule has 0 spiro atoms. The number of sulfonamides is 1. The van der Waals surface area contributed by atoms with Crippen molar-refractivity contribution in [1.82, 2.24) is 25.1 Å². The Morgan fingerprint density at radius 3 is 2.74 bits per heavy atom. The maximum absolute atomic E-state index is 11.9. The van der Waals surface area contributed by atoms with Gasteiger partial charge in [0.15, 0.2) is 17.3 Å². The van der Waals surface area contributed by atoms with Gasteiger partial charge in [0.25, 0.3) is 5.91 Å². The topological polar surface area (TPSA) is 187 Å². The lowest BCUT2D eigenvalue weighted by molar-refractivity contribution is 0.0995. The summed E-state index contributed by atoms with van der Waals surface area (Å²) in [5.74, 6) is 1.04. The summed E-state index contributed by atoms with van der Waals surface area (Å²) in [6.07, 6.45) is 3.39. The molecule has 5 N–H and O–H groups in total. The van der Waals surface area contributed by atoms with E-state index in [2.05, 4.69) is 35.7 Å². The van der Waals surface area contributed by atoms with Crippen molar-refractivity contribution in [1.29, 1.82) is 0 Å². The molecule has 0 radical (unpaired) electrons. The lowest BCUT2D eigenvalue weighted by atomic mass is 10.1. The summed E-state index contributed by atoms with van der Waals surface area (Å²) in [5, 5.41) is 18.3. The number of para-hydroxylation sites is 1.